The molecule has 0 unspecified atom stereocenters. The number of ether oxygens (including phenoxy) is 1. The summed E-state index contributed by atoms with van der Waals surface area (Å²) in [5.41, 5.74) is 9.76. The van der Waals surface area contributed by atoms with Gasteiger partial charge in [-0.15, -0.1) is 24.0 Å². The molecule has 122 valence electrons. The first-order valence-corrected chi connectivity index (χ1v) is 7.53. The van der Waals surface area contributed by atoms with Crippen LogP contribution in [0.4, 0.5) is 5.69 Å². The lowest BCUT2D eigenvalue weighted by Gasteiger charge is -2.08. The molecule has 5 nitrogen and oxygen atoms in total. The average molecular weight is 424 g/mol. The quantitative estimate of drug-likeness (QED) is 0.335. The van der Waals surface area contributed by atoms with Crippen LogP contribution < -0.4 is 15.8 Å². The van der Waals surface area contributed by atoms with Gasteiger partial charge >= 0.3 is 0 Å². The van der Waals surface area contributed by atoms with Crippen molar-refractivity contribution in [1.29, 1.82) is 0 Å². The summed E-state index contributed by atoms with van der Waals surface area (Å²) in [5, 5.41) is 3.13. The van der Waals surface area contributed by atoms with Crippen LogP contribution in [0.2, 0.25) is 0 Å². The minimum atomic E-state index is 0. The van der Waals surface area contributed by atoms with E-state index in [4.69, 9.17) is 10.5 Å². The number of halogens is 1. The lowest BCUT2D eigenvalue weighted by Crippen LogP contribution is -2.23. The molecule has 6 heteroatoms. The van der Waals surface area contributed by atoms with Gasteiger partial charge in [0.25, 0.3) is 0 Å². The smallest absolute Gasteiger partial charge is 0.193 e. The lowest BCUT2D eigenvalue weighted by atomic mass is 10.1. The second-order valence-corrected chi connectivity index (χ2v) is 5.27. The van der Waals surface area contributed by atoms with Gasteiger partial charge < -0.3 is 15.8 Å². The van der Waals surface area contributed by atoms with Crippen molar-refractivity contribution < 1.29 is 4.74 Å². The summed E-state index contributed by atoms with van der Waals surface area (Å²) in [7, 11) is 0. The van der Waals surface area contributed by atoms with E-state index in [0.717, 1.165) is 17.9 Å². The molecular weight excluding hydrogens is 403 g/mol. The Morgan fingerprint density at radius 2 is 2.13 bits per heavy atom. The first-order valence-electron chi connectivity index (χ1n) is 7.53. The number of aromatic nitrogens is 1. The molecule has 1 aliphatic carbocycles. The van der Waals surface area contributed by atoms with Gasteiger partial charge in [-0.2, -0.15) is 0 Å². The Labute approximate surface area is 153 Å². The number of nitrogens with two attached hydrogens (primary N) is 1. The van der Waals surface area contributed by atoms with E-state index in [1.54, 1.807) is 12.4 Å². The number of pyridine rings is 1. The van der Waals surface area contributed by atoms with Gasteiger partial charge in [-0.3, -0.25) is 4.98 Å². The van der Waals surface area contributed by atoms with Crippen LogP contribution >= 0.6 is 24.0 Å². The van der Waals surface area contributed by atoms with Gasteiger partial charge in [-0.05, 0) is 54.7 Å². The number of guanidine groups is 1. The summed E-state index contributed by atoms with van der Waals surface area (Å²) in [5.74, 6) is 1.15. The molecule has 1 aliphatic rings. The molecule has 1 heterocycles. The van der Waals surface area contributed by atoms with Crippen LogP contribution in [0.1, 0.15) is 17.5 Å². The number of nitrogens with zero attached hydrogens (tertiary/aromatic N) is 2. The summed E-state index contributed by atoms with van der Waals surface area (Å²) < 4.78 is 5.51. The number of anilines is 1. The predicted molar refractivity (Wildman–Crippen MR) is 104 cm³/mol. The number of rotatable bonds is 5. The van der Waals surface area contributed by atoms with Crippen LogP contribution in [0.5, 0.6) is 5.75 Å². The molecule has 3 rings (SSSR count). The summed E-state index contributed by atoms with van der Waals surface area (Å²) in [6.45, 7) is 0.969. The fourth-order valence-corrected chi connectivity index (χ4v) is 2.60. The predicted octanol–water partition coefficient (Wildman–Crippen LogP) is 2.99. The molecule has 0 radical (unpaired) electrons. The molecular formula is C17H21IN4O. The number of aliphatic imine (C=N–C) groups is 1. The van der Waals surface area contributed by atoms with Crippen LogP contribution in [0.15, 0.2) is 47.7 Å². The van der Waals surface area contributed by atoms with Gasteiger partial charge in [-0.25, -0.2) is 4.99 Å². The van der Waals surface area contributed by atoms with Crippen LogP contribution in [-0.4, -0.2) is 24.1 Å². The maximum atomic E-state index is 5.90. The van der Waals surface area contributed by atoms with Gasteiger partial charge in [0.15, 0.2) is 5.96 Å². The molecule has 23 heavy (non-hydrogen) atoms. The first-order chi connectivity index (χ1) is 10.8. The molecule has 1 aromatic carbocycles. The van der Waals surface area contributed by atoms with Crippen molar-refractivity contribution >= 4 is 35.6 Å². The Balaban J connectivity index is 0.00000192. The topological polar surface area (TPSA) is 72.5 Å². The van der Waals surface area contributed by atoms with Gasteiger partial charge in [0.1, 0.15) is 12.4 Å². The van der Waals surface area contributed by atoms with Crippen LogP contribution in [-0.2, 0) is 12.8 Å². The Bertz CT molecular complexity index is 661. The van der Waals surface area contributed by atoms with Gasteiger partial charge in [-0.1, -0.05) is 6.07 Å². The third-order valence-corrected chi connectivity index (χ3v) is 3.65. The molecule has 2 aromatic rings. The van der Waals surface area contributed by atoms with E-state index in [-0.39, 0.29) is 24.0 Å². The zero-order chi connectivity index (χ0) is 15.2. The highest BCUT2D eigenvalue weighted by Gasteiger charge is 2.10. The summed E-state index contributed by atoms with van der Waals surface area (Å²) in [6, 6.07) is 10.1. The Morgan fingerprint density at radius 3 is 2.96 bits per heavy atom. The SMILES string of the molecule is I.NC(=NCCOc1cccnc1)Nc1ccc2c(c1)CCC2. The molecule has 0 spiro atoms. The monoisotopic (exact) mass is 424 g/mol. The highest BCUT2D eigenvalue weighted by Crippen LogP contribution is 2.24. The molecule has 0 saturated heterocycles. The zero-order valence-electron chi connectivity index (χ0n) is 12.9. The van der Waals surface area contributed by atoms with E-state index in [2.05, 4.69) is 33.5 Å². The zero-order valence-corrected chi connectivity index (χ0v) is 15.2. The number of benzene rings is 1. The van der Waals surface area contributed by atoms with E-state index >= 15 is 0 Å². The molecule has 0 aliphatic heterocycles. The van der Waals surface area contributed by atoms with Crippen molar-refractivity contribution in [3.05, 3.63) is 53.9 Å². The Morgan fingerprint density at radius 1 is 1.26 bits per heavy atom. The van der Waals surface area contributed by atoms with E-state index in [9.17, 15) is 0 Å². The number of fused-ring (bicyclic) bond motifs is 1. The number of nitrogens with one attached hydrogen (secondary N) is 1. The van der Waals surface area contributed by atoms with Gasteiger partial charge in [0.05, 0.1) is 12.7 Å². The first kappa shape index (κ1) is 17.5. The molecule has 0 saturated carbocycles. The van der Waals surface area contributed by atoms with Crippen LogP contribution in [0.3, 0.4) is 0 Å². The minimum Gasteiger partial charge on any atom is -0.490 e. The summed E-state index contributed by atoms with van der Waals surface area (Å²) >= 11 is 0. The highest BCUT2D eigenvalue weighted by atomic mass is 127. The van der Waals surface area contributed by atoms with E-state index in [1.807, 2.05) is 12.1 Å². The van der Waals surface area contributed by atoms with Gasteiger partial charge in [0.2, 0.25) is 0 Å². The number of hydrogen-bond donors (Lipinski definition) is 2. The van der Waals surface area contributed by atoms with Crippen LogP contribution in [0.25, 0.3) is 0 Å². The molecule has 0 bridgehead atoms. The molecule has 3 N–H and O–H groups in total. The van der Waals surface area contributed by atoms with Crippen molar-refractivity contribution in [3.63, 3.8) is 0 Å². The lowest BCUT2D eigenvalue weighted by molar-refractivity contribution is 0.327. The van der Waals surface area contributed by atoms with E-state index in [1.165, 1.54) is 24.0 Å². The van der Waals surface area contributed by atoms with Crippen molar-refractivity contribution in [2.75, 3.05) is 18.5 Å². The largest absolute Gasteiger partial charge is 0.490 e. The molecule has 1 aromatic heterocycles. The second-order valence-electron chi connectivity index (χ2n) is 5.27. The van der Waals surface area contributed by atoms with Crippen molar-refractivity contribution in [1.82, 2.24) is 4.98 Å². The molecule has 0 fully saturated rings. The Hall–Kier alpha value is -1.83. The number of aryl methyl sites for hydroxylation is 2. The summed E-state index contributed by atoms with van der Waals surface area (Å²) in [4.78, 5) is 8.25. The average Bonchev–Trinajstić information content (AvgIpc) is 3.00. The number of hydrogen-bond acceptors (Lipinski definition) is 3. The Kier molecular flexibility index (Phi) is 6.64. The minimum absolute atomic E-state index is 0. The maximum absolute atomic E-state index is 5.90. The molecule has 0 amide bonds. The van der Waals surface area contributed by atoms with E-state index < -0.39 is 0 Å². The summed E-state index contributed by atoms with van der Waals surface area (Å²) in [6.07, 6.45) is 6.97. The fourth-order valence-electron chi connectivity index (χ4n) is 2.60. The normalized spacial score (nSPS) is 13.1. The van der Waals surface area contributed by atoms with Crippen molar-refractivity contribution in [3.8, 4) is 5.75 Å². The van der Waals surface area contributed by atoms with E-state index in [0.29, 0.717) is 19.1 Å². The maximum Gasteiger partial charge on any atom is 0.193 e. The van der Waals surface area contributed by atoms with Crippen LogP contribution in [0, 0.1) is 0 Å². The van der Waals surface area contributed by atoms with Crippen molar-refractivity contribution in [2.24, 2.45) is 10.7 Å². The molecule has 0 atom stereocenters. The third-order valence-electron chi connectivity index (χ3n) is 3.65. The highest BCUT2D eigenvalue weighted by molar-refractivity contribution is 14.0. The van der Waals surface area contributed by atoms with Gasteiger partial charge in [0, 0.05) is 11.9 Å². The second kappa shape index (κ2) is 8.71. The third kappa shape index (κ3) is 5.09. The fraction of sp³-hybridized carbons (Fsp3) is 0.294. The van der Waals surface area contributed by atoms with Crippen molar-refractivity contribution in [2.45, 2.75) is 19.3 Å². The standard InChI is InChI=1S/C17H20N4O.HI/c18-17(20-9-10-22-16-5-2-8-19-12-16)21-15-7-6-13-3-1-4-14(13)11-15;/h2,5-8,11-12H,1,3-4,9-10H2,(H3,18,20,21);1H.